The molecule has 0 aliphatic heterocycles. The fraction of sp³-hybridized carbons (Fsp3) is 0.0625. The predicted molar refractivity (Wildman–Crippen MR) is 94.0 cm³/mol. The molecule has 0 fully saturated rings. The lowest BCUT2D eigenvalue weighted by molar-refractivity contribution is -0.384. The van der Waals surface area contributed by atoms with Crippen LogP contribution in [0.3, 0.4) is 0 Å². The molecule has 0 aliphatic carbocycles. The second kappa shape index (κ2) is 7.63. The monoisotopic (exact) mass is 397 g/mol. The molecule has 0 aliphatic rings. The number of halogens is 3. The van der Waals surface area contributed by atoms with E-state index in [1.54, 1.807) is 6.20 Å². The van der Waals surface area contributed by atoms with Crippen molar-refractivity contribution < 1.29 is 18.4 Å². The number of aromatic nitrogens is 1. The lowest BCUT2D eigenvalue weighted by atomic mass is 10.2. The first-order chi connectivity index (χ1) is 12.4. The van der Waals surface area contributed by atoms with Gasteiger partial charge in [-0.3, -0.25) is 10.1 Å². The van der Waals surface area contributed by atoms with Gasteiger partial charge in [-0.1, -0.05) is 11.6 Å². The lowest BCUT2D eigenvalue weighted by Crippen LogP contribution is -2.00. The van der Waals surface area contributed by atoms with E-state index in [9.17, 15) is 18.9 Å². The molecule has 6 nitrogen and oxygen atoms in total. The zero-order valence-corrected chi connectivity index (χ0v) is 14.5. The molecule has 1 heterocycles. The number of nitrogens with zero attached hydrogens (tertiary/aromatic N) is 2. The van der Waals surface area contributed by atoms with Crippen LogP contribution in [0.25, 0.3) is 0 Å². The molecule has 1 N–H and O–H groups in total. The lowest BCUT2D eigenvalue weighted by Gasteiger charge is -2.10. The highest BCUT2D eigenvalue weighted by atomic mass is 35.5. The van der Waals surface area contributed by atoms with Gasteiger partial charge in [-0.05, 0) is 12.1 Å². The Morgan fingerprint density at radius 2 is 2.08 bits per heavy atom. The van der Waals surface area contributed by atoms with Crippen LogP contribution in [0.1, 0.15) is 4.88 Å². The molecule has 134 valence electrons. The zero-order chi connectivity index (χ0) is 18.7. The van der Waals surface area contributed by atoms with Gasteiger partial charge in [0.15, 0.2) is 16.0 Å². The van der Waals surface area contributed by atoms with Crippen LogP contribution >= 0.6 is 22.9 Å². The molecule has 3 aromatic rings. The highest BCUT2D eigenvalue weighted by Crippen LogP contribution is 2.31. The molecule has 0 atom stereocenters. The zero-order valence-electron chi connectivity index (χ0n) is 12.9. The van der Waals surface area contributed by atoms with Crippen LogP contribution in [0.2, 0.25) is 4.47 Å². The minimum absolute atomic E-state index is 0.0366. The number of thiazole rings is 1. The summed E-state index contributed by atoms with van der Waals surface area (Å²) in [7, 11) is 0. The number of benzene rings is 2. The summed E-state index contributed by atoms with van der Waals surface area (Å²) in [5.74, 6) is -1.87. The molecule has 0 radical (unpaired) electrons. The first kappa shape index (κ1) is 18.0. The van der Waals surface area contributed by atoms with Gasteiger partial charge in [-0.15, -0.1) is 11.3 Å². The second-order valence-corrected chi connectivity index (χ2v) is 6.78. The van der Waals surface area contributed by atoms with Crippen molar-refractivity contribution in [2.24, 2.45) is 0 Å². The van der Waals surface area contributed by atoms with Gasteiger partial charge < -0.3 is 10.1 Å². The van der Waals surface area contributed by atoms with Gasteiger partial charge in [-0.2, -0.15) is 0 Å². The summed E-state index contributed by atoms with van der Waals surface area (Å²) >= 11 is 7.03. The van der Waals surface area contributed by atoms with Crippen LogP contribution in [-0.4, -0.2) is 9.91 Å². The van der Waals surface area contributed by atoms with E-state index in [-0.39, 0.29) is 17.2 Å². The topological polar surface area (TPSA) is 77.3 Å². The van der Waals surface area contributed by atoms with E-state index in [4.69, 9.17) is 16.3 Å². The largest absolute Gasteiger partial charge is 0.454 e. The number of nitro benzene ring substituents is 1. The number of anilines is 1. The van der Waals surface area contributed by atoms with E-state index in [2.05, 4.69) is 10.3 Å². The first-order valence-electron chi connectivity index (χ1n) is 7.17. The second-order valence-electron chi connectivity index (χ2n) is 5.08. The fourth-order valence-electron chi connectivity index (χ4n) is 2.09. The smallest absolute Gasteiger partial charge is 0.275 e. The Bertz CT molecular complexity index is 968. The van der Waals surface area contributed by atoms with Gasteiger partial charge in [0, 0.05) is 35.0 Å². The number of nitrogens with one attached hydrogen (secondary N) is 1. The maximum Gasteiger partial charge on any atom is 0.275 e. The highest BCUT2D eigenvalue weighted by molar-refractivity contribution is 7.15. The van der Waals surface area contributed by atoms with Crippen molar-refractivity contribution >= 4 is 34.3 Å². The third-order valence-corrected chi connectivity index (χ3v) is 4.33. The Balaban J connectivity index is 1.84. The van der Waals surface area contributed by atoms with E-state index >= 15 is 0 Å². The number of hydrogen-bond acceptors (Lipinski definition) is 6. The number of rotatable bonds is 6. The van der Waals surface area contributed by atoms with Crippen molar-refractivity contribution in [1.29, 1.82) is 0 Å². The first-order valence-corrected chi connectivity index (χ1v) is 8.36. The molecule has 3 rings (SSSR count). The molecule has 0 bridgehead atoms. The molecule has 0 spiro atoms. The van der Waals surface area contributed by atoms with E-state index in [1.165, 1.54) is 23.5 Å². The van der Waals surface area contributed by atoms with Crippen LogP contribution in [0.5, 0.6) is 11.5 Å². The third-order valence-electron chi connectivity index (χ3n) is 3.22. The average Bonchev–Trinajstić information content (AvgIpc) is 3.01. The summed E-state index contributed by atoms with van der Waals surface area (Å²) in [5, 5.41) is 14.1. The molecule has 0 saturated heterocycles. The van der Waals surface area contributed by atoms with Gasteiger partial charge in [0.05, 0.1) is 17.5 Å². The summed E-state index contributed by atoms with van der Waals surface area (Å²) in [4.78, 5) is 15.3. The molecular weight excluding hydrogens is 388 g/mol. The van der Waals surface area contributed by atoms with Crippen molar-refractivity contribution in [2.75, 3.05) is 5.32 Å². The number of nitro groups is 1. The van der Waals surface area contributed by atoms with Crippen LogP contribution in [0, 0.1) is 21.7 Å². The van der Waals surface area contributed by atoms with Crippen molar-refractivity contribution in [3.63, 3.8) is 0 Å². The van der Waals surface area contributed by atoms with E-state index in [1.807, 2.05) is 0 Å². The molecular formula is C16H10ClF2N3O3S. The van der Waals surface area contributed by atoms with Gasteiger partial charge in [0.1, 0.15) is 11.6 Å². The Morgan fingerprint density at radius 3 is 2.73 bits per heavy atom. The Hall–Kier alpha value is -2.78. The van der Waals surface area contributed by atoms with Gasteiger partial charge in [0.25, 0.3) is 5.69 Å². The van der Waals surface area contributed by atoms with E-state index < -0.39 is 16.6 Å². The molecule has 0 unspecified atom stereocenters. The van der Waals surface area contributed by atoms with Crippen LogP contribution in [0.15, 0.2) is 42.6 Å². The molecule has 26 heavy (non-hydrogen) atoms. The van der Waals surface area contributed by atoms with Crippen molar-refractivity contribution in [3.8, 4) is 11.5 Å². The summed E-state index contributed by atoms with van der Waals surface area (Å²) in [6.07, 6.45) is 1.59. The van der Waals surface area contributed by atoms with E-state index in [0.717, 1.165) is 23.1 Å². The minimum Gasteiger partial charge on any atom is -0.454 e. The molecule has 2 aromatic carbocycles. The minimum atomic E-state index is -0.912. The standard InChI is InChI=1S/C16H10ClF2N3O3S/c17-16-21-8-13(26-16)7-20-10-4-11(22(23)24)6-12(5-10)25-15-2-1-9(18)3-14(15)19/h1-6,8,20H,7H2. The summed E-state index contributed by atoms with van der Waals surface area (Å²) in [5.41, 5.74) is 0.149. The summed E-state index contributed by atoms with van der Waals surface area (Å²) in [6, 6.07) is 6.74. The number of hydrogen-bond donors (Lipinski definition) is 1. The Morgan fingerprint density at radius 1 is 1.27 bits per heavy atom. The van der Waals surface area contributed by atoms with Gasteiger partial charge >= 0.3 is 0 Å². The quantitative estimate of drug-likeness (QED) is 0.446. The maximum atomic E-state index is 13.7. The molecule has 10 heteroatoms. The third kappa shape index (κ3) is 4.44. The molecule has 0 saturated carbocycles. The highest BCUT2D eigenvalue weighted by Gasteiger charge is 2.13. The van der Waals surface area contributed by atoms with Gasteiger partial charge in [0.2, 0.25) is 0 Å². The Labute approximate surface area is 155 Å². The molecule has 0 amide bonds. The molecule has 1 aromatic heterocycles. The van der Waals surface area contributed by atoms with Crippen molar-refractivity contribution in [2.45, 2.75) is 6.54 Å². The number of non-ortho nitro benzene ring substituents is 1. The van der Waals surface area contributed by atoms with Crippen molar-refractivity contribution in [3.05, 3.63) is 73.7 Å². The summed E-state index contributed by atoms with van der Waals surface area (Å²) in [6.45, 7) is 0.343. The normalized spacial score (nSPS) is 10.6. The predicted octanol–water partition coefficient (Wildman–Crippen LogP) is 5.39. The maximum absolute atomic E-state index is 13.7. The van der Waals surface area contributed by atoms with Crippen LogP contribution < -0.4 is 10.1 Å². The summed E-state index contributed by atoms with van der Waals surface area (Å²) < 4.78 is 32.4. The van der Waals surface area contributed by atoms with Crippen molar-refractivity contribution in [1.82, 2.24) is 4.98 Å². The number of ether oxygens (including phenoxy) is 1. The van der Waals surface area contributed by atoms with E-state index in [0.29, 0.717) is 22.8 Å². The van der Waals surface area contributed by atoms with Crippen LogP contribution in [-0.2, 0) is 6.54 Å². The van der Waals surface area contributed by atoms with Gasteiger partial charge in [-0.25, -0.2) is 13.8 Å². The van der Waals surface area contributed by atoms with Crippen LogP contribution in [0.4, 0.5) is 20.2 Å². The average molecular weight is 398 g/mol. The Kier molecular flexibility index (Phi) is 5.29. The SMILES string of the molecule is O=[N+]([O-])c1cc(NCc2cnc(Cl)s2)cc(Oc2ccc(F)cc2F)c1. The fourth-order valence-corrected chi connectivity index (χ4v) is 3.01.